The summed E-state index contributed by atoms with van der Waals surface area (Å²) in [7, 11) is 1.36. The maximum atomic E-state index is 13.7. The average Bonchev–Trinajstić information content (AvgIpc) is 3.19. The van der Waals surface area contributed by atoms with Crippen molar-refractivity contribution in [3.05, 3.63) is 32.9 Å². The molecule has 2 aliphatic heterocycles. The van der Waals surface area contributed by atoms with Gasteiger partial charge in [-0.2, -0.15) is 4.90 Å². The normalized spacial score (nSPS) is 34.8. The molecule has 3 fully saturated rings. The van der Waals surface area contributed by atoms with Gasteiger partial charge in [-0.1, -0.05) is 27.6 Å². The van der Waals surface area contributed by atoms with Crippen LogP contribution in [0.4, 0.5) is 4.79 Å². The summed E-state index contributed by atoms with van der Waals surface area (Å²) in [5, 5.41) is 10.4. The standard InChI is InChI=1S/C23H19BrCl2IN3O7/c1-37-13-5-8(4-12(27)16(13)31)15-9-2-3-10-14(18(33)30(17(10)32)21(28)36)11(9)6-22(25)19(34)29(7-24)20(35)23(15,22)26/h2,4-5,10-11,14-15,31H,3,6-7H2,1H3,(H2,28,36)/t10-,11+,14-,15-,22+,23-/m0/s1. The number of hydrogen-bond donors (Lipinski definition) is 2. The number of allylic oxidation sites excluding steroid dienone is 2. The van der Waals surface area contributed by atoms with Crippen molar-refractivity contribution in [3.63, 3.8) is 0 Å². The lowest BCUT2D eigenvalue weighted by Gasteiger charge is -2.50. The third kappa shape index (κ3) is 3.31. The molecule has 0 bridgehead atoms. The second-order valence-corrected chi connectivity index (χ2v) is 12.3. The number of imide groups is 4. The molecule has 0 aromatic heterocycles. The van der Waals surface area contributed by atoms with Gasteiger partial charge < -0.3 is 15.6 Å². The molecule has 3 N–H and O–H groups in total. The second kappa shape index (κ2) is 8.82. The number of primary amides is 1. The number of nitrogens with zero attached hydrogens (tertiary/aromatic N) is 2. The van der Waals surface area contributed by atoms with E-state index in [2.05, 4.69) is 15.9 Å². The fraction of sp³-hybridized carbons (Fsp3) is 0.435. The van der Waals surface area contributed by atoms with Crippen LogP contribution in [0.5, 0.6) is 11.5 Å². The number of urea groups is 1. The van der Waals surface area contributed by atoms with Crippen molar-refractivity contribution >= 4 is 91.4 Å². The second-order valence-electron chi connectivity index (χ2n) is 9.39. The highest BCUT2D eigenvalue weighted by Gasteiger charge is 2.76. The maximum Gasteiger partial charge on any atom is 0.328 e. The first-order chi connectivity index (χ1) is 17.3. The molecule has 1 aromatic rings. The van der Waals surface area contributed by atoms with E-state index < -0.39 is 63.1 Å². The summed E-state index contributed by atoms with van der Waals surface area (Å²) in [4.78, 5) is 62.8. The van der Waals surface area contributed by atoms with Crippen LogP contribution in [0.3, 0.4) is 0 Å². The number of ether oxygens (including phenoxy) is 1. The lowest BCUT2D eigenvalue weighted by Crippen LogP contribution is -2.60. The number of methoxy groups -OCH3 is 1. The Bertz CT molecular complexity index is 1340. The molecule has 4 aliphatic rings. The molecule has 2 saturated heterocycles. The summed E-state index contributed by atoms with van der Waals surface area (Å²) in [6.07, 6.45) is 1.61. The lowest BCUT2D eigenvalue weighted by atomic mass is 9.56. The van der Waals surface area contributed by atoms with Gasteiger partial charge in [0.05, 0.1) is 28.0 Å². The SMILES string of the molecule is COc1cc([C@H]2C3=CC[C@@H]4C(=O)N(C(N)=O)C(=O)[C@@H]4[C@@H]3C[C@@]3(Cl)C(=O)N(CBr)C(=O)[C@@]23Cl)cc(I)c1O. The smallest absolute Gasteiger partial charge is 0.328 e. The van der Waals surface area contributed by atoms with Crippen molar-refractivity contribution in [3.8, 4) is 11.5 Å². The first-order valence-electron chi connectivity index (χ1n) is 11.1. The Labute approximate surface area is 242 Å². The molecule has 0 unspecified atom stereocenters. The number of likely N-dealkylation sites (tertiary alicyclic amines) is 2. The van der Waals surface area contributed by atoms with Crippen molar-refractivity contribution in [1.82, 2.24) is 9.80 Å². The molecule has 6 atom stereocenters. The molecule has 2 heterocycles. The van der Waals surface area contributed by atoms with Crippen LogP contribution in [-0.4, -0.2) is 66.9 Å². The zero-order chi connectivity index (χ0) is 27.2. The number of halogens is 4. The van der Waals surface area contributed by atoms with Gasteiger partial charge in [0.25, 0.3) is 11.8 Å². The summed E-state index contributed by atoms with van der Waals surface area (Å²) in [6.45, 7) is 0. The highest BCUT2D eigenvalue weighted by atomic mass is 127. The monoisotopic (exact) mass is 725 g/mol. The van der Waals surface area contributed by atoms with Gasteiger partial charge in [-0.15, -0.1) is 23.2 Å². The molecule has 196 valence electrons. The van der Waals surface area contributed by atoms with Crippen LogP contribution in [0.25, 0.3) is 0 Å². The van der Waals surface area contributed by atoms with Crippen molar-refractivity contribution in [2.75, 3.05) is 12.6 Å². The van der Waals surface area contributed by atoms with Crippen LogP contribution >= 0.6 is 61.7 Å². The Morgan fingerprint density at radius 3 is 2.49 bits per heavy atom. The minimum Gasteiger partial charge on any atom is -0.504 e. The van der Waals surface area contributed by atoms with Crippen molar-refractivity contribution < 1.29 is 33.8 Å². The van der Waals surface area contributed by atoms with E-state index in [1.54, 1.807) is 12.1 Å². The number of benzene rings is 1. The number of alkyl halides is 3. The topological polar surface area (TPSA) is 147 Å². The molecular formula is C23H19BrCl2IN3O7. The van der Waals surface area contributed by atoms with Crippen molar-refractivity contribution in [2.24, 2.45) is 23.5 Å². The number of hydrogen-bond acceptors (Lipinski definition) is 7. The highest BCUT2D eigenvalue weighted by Crippen LogP contribution is 2.65. The predicted octanol–water partition coefficient (Wildman–Crippen LogP) is 2.80. The van der Waals surface area contributed by atoms with Crippen molar-refractivity contribution in [2.45, 2.75) is 28.5 Å². The molecule has 5 rings (SSSR count). The molecule has 1 saturated carbocycles. The third-order valence-corrected chi connectivity index (χ3v) is 10.6. The van der Waals surface area contributed by atoms with Gasteiger partial charge >= 0.3 is 6.03 Å². The fourth-order valence-corrected chi connectivity index (χ4v) is 8.31. The van der Waals surface area contributed by atoms with Gasteiger partial charge in [0.1, 0.15) is 0 Å². The molecule has 6 amide bonds. The van der Waals surface area contributed by atoms with Crippen LogP contribution in [0.15, 0.2) is 23.8 Å². The number of fused-ring (bicyclic) bond motifs is 4. The van der Waals surface area contributed by atoms with Crippen LogP contribution < -0.4 is 10.5 Å². The number of carbonyl (C=O) groups excluding carboxylic acids is 5. The summed E-state index contributed by atoms with van der Waals surface area (Å²) < 4.78 is 5.71. The van der Waals surface area contributed by atoms with E-state index in [0.29, 0.717) is 19.6 Å². The van der Waals surface area contributed by atoms with Crippen LogP contribution in [0.2, 0.25) is 0 Å². The van der Waals surface area contributed by atoms with Crippen molar-refractivity contribution in [1.29, 1.82) is 0 Å². The van der Waals surface area contributed by atoms with Crippen LogP contribution in [0, 0.1) is 21.3 Å². The van der Waals surface area contributed by atoms with Gasteiger partial charge in [0.2, 0.25) is 11.8 Å². The summed E-state index contributed by atoms with van der Waals surface area (Å²) in [5.74, 6) is -6.65. The number of aromatic hydroxyl groups is 1. The molecular weight excluding hydrogens is 708 g/mol. The molecule has 37 heavy (non-hydrogen) atoms. The Balaban J connectivity index is 1.76. The number of nitrogens with two attached hydrogens (primary N) is 1. The summed E-state index contributed by atoms with van der Waals surface area (Å²) >= 11 is 19.3. The fourth-order valence-electron chi connectivity index (χ4n) is 6.26. The van der Waals surface area contributed by atoms with E-state index >= 15 is 0 Å². The Morgan fingerprint density at radius 2 is 1.89 bits per heavy atom. The Kier molecular flexibility index (Phi) is 6.36. The van der Waals surface area contributed by atoms with Crippen LogP contribution in [-0.2, 0) is 19.2 Å². The lowest BCUT2D eigenvalue weighted by molar-refractivity contribution is -0.139. The largest absolute Gasteiger partial charge is 0.504 e. The summed E-state index contributed by atoms with van der Waals surface area (Å²) in [5.41, 5.74) is 6.14. The summed E-state index contributed by atoms with van der Waals surface area (Å²) in [6, 6.07) is 1.93. The van der Waals surface area contributed by atoms with Gasteiger partial charge in [-0.05, 0) is 59.0 Å². The van der Waals surface area contributed by atoms with E-state index in [4.69, 9.17) is 33.7 Å². The number of amides is 6. The molecule has 2 aliphatic carbocycles. The quantitative estimate of drug-likeness (QED) is 0.160. The van der Waals surface area contributed by atoms with Gasteiger partial charge in [0, 0.05) is 5.92 Å². The molecule has 0 radical (unpaired) electrons. The van der Waals surface area contributed by atoms with E-state index in [1.807, 2.05) is 22.6 Å². The van der Waals surface area contributed by atoms with E-state index in [0.717, 1.165) is 4.90 Å². The first-order valence-corrected chi connectivity index (χ1v) is 14.0. The van der Waals surface area contributed by atoms with Gasteiger partial charge in [-0.3, -0.25) is 24.1 Å². The van der Waals surface area contributed by atoms with Gasteiger partial charge in [-0.25, -0.2) is 4.79 Å². The van der Waals surface area contributed by atoms with Gasteiger partial charge in [0.15, 0.2) is 21.2 Å². The Morgan fingerprint density at radius 1 is 1.22 bits per heavy atom. The molecule has 0 spiro atoms. The number of phenolic OH excluding ortho intramolecular Hbond substituents is 1. The number of rotatable bonds is 3. The third-order valence-electron chi connectivity index (χ3n) is 7.84. The Hall–Kier alpha value is -1.90. The highest BCUT2D eigenvalue weighted by molar-refractivity contribution is 14.1. The molecule has 10 nitrogen and oxygen atoms in total. The van der Waals surface area contributed by atoms with E-state index in [1.165, 1.54) is 13.2 Å². The van der Waals surface area contributed by atoms with E-state index in [-0.39, 0.29) is 29.8 Å². The predicted molar refractivity (Wildman–Crippen MR) is 142 cm³/mol. The molecule has 1 aromatic carbocycles. The zero-order valence-electron chi connectivity index (χ0n) is 19.0. The van der Waals surface area contributed by atoms with E-state index in [9.17, 15) is 29.1 Å². The maximum absolute atomic E-state index is 13.7. The average molecular weight is 727 g/mol. The minimum atomic E-state index is -1.99. The molecule has 14 heteroatoms. The first kappa shape index (κ1) is 26.7. The van der Waals surface area contributed by atoms with Crippen LogP contribution in [0.1, 0.15) is 24.3 Å². The number of carbonyl (C=O) groups is 5. The number of phenols is 1. The minimum absolute atomic E-state index is 0.0974. The zero-order valence-corrected chi connectivity index (χ0v) is 24.3.